The van der Waals surface area contributed by atoms with Crippen molar-refractivity contribution in [1.29, 1.82) is 0 Å². The number of carbonyl (C=O) groups excluding carboxylic acids is 1. The van der Waals surface area contributed by atoms with E-state index in [1.165, 1.54) is 43.9 Å². The Hall–Kier alpha value is -1.35. The van der Waals surface area contributed by atoms with Crippen molar-refractivity contribution in [2.75, 3.05) is 5.32 Å². The number of anilines is 1. The van der Waals surface area contributed by atoms with Gasteiger partial charge in [0.15, 0.2) is 0 Å². The fourth-order valence-electron chi connectivity index (χ4n) is 2.90. The summed E-state index contributed by atoms with van der Waals surface area (Å²) in [5, 5.41) is 8.64. The average Bonchev–Trinajstić information content (AvgIpc) is 3.09. The Kier molecular flexibility index (Phi) is 6.06. The molecule has 0 heterocycles. The van der Waals surface area contributed by atoms with Crippen molar-refractivity contribution in [1.82, 2.24) is 0 Å². The summed E-state index contributed by atoms with van der Waals surface area (Å²) in [7, 11) is -3.88. The van der Waals surface area contributed by atoms with Crippen LogP contribution >= 0.6 is 27.7 Å². The van der Waals surface area contributed by atoms with E-state index >= 15 is 0 Å². The van der Waals surface area contributed by atoms with Gasteiger partial charge in [-0.2, -0.15) is 0 Å². The predicted molar refractivity (Wildman–Crippen MR) is 108 cm³/mol. The Morgan fingerprint density at radius 3 is 2.54 bits per heavy atom. The maximum atomic E-state index is 12.7. The molecule has 0 atom stereocenters. The lowest BCUT2D eigenvalue weighted by Crippen LogP contribution is -2.16. The molecule has 1 aliphatic rings. The van der Waals surface area contributed by atoms with E-state index in [1.54, 1.807) is 11.8 Å². The number of benzene rings is 2. The van der Waals surface area contributed by atoms with Crippen molar-refractivity contribution < 1.29 is 13.2 Å². The monoisotopic (exact) mass is 454 g/mol. The van der Waals surface area contributed by atoms with Crippen LogP contribution in [0, 0.1) is 0 Å². The van der Waals surface area contributed by atoms with Gasteiger partial charge in [-0.1, -0.05) is 25.0 Å². The topological polar surface area (TPSA) is 89.3 Å². The number of para-hydroxylation sites is 1. The zero-order valence-corrected chi connectivity index (χ0v) is 17.2. The highest BCUT2D eigenvalue weighted by molar-refractivity contribution is 9.10. The molecule has 0 unspecified atom stereocenters. The van der Waals surface area contributed by atoms with Gasteiger partial charge in [-0.05, 0) is 59.1 Å². The van der Waals surface area contributed by atoms with Gasteiger partial charge in [0.05, 0.1) is 16.1 Å². The summed E-state index contributed by atoms with van der Waals surface area (Å²) < 4.78 is 23.6. The van der Waals surface area contributed by atoms with Crippen molar-refractivity contribution in [2.45, 2.75) is 40.7 Å². The number of sulfonamides is 1. The zero-order chi connectivity index (χ0) is 18.7. The van der Waals surface area contributed by atoms with Gasteiger partial charge in [0, 0.05) is 14.6 Å². The number of primary sulfonamides is 1. The number of amides is 1. The van der Waals surface area contributed by atoms with Crippen LogP contribution in [0.5, 0.6) is 0 Å². The molecule has 2 aromatic rings. The number of rotatable bonds is 5. The fourth-order valence-corrected chi connectivity index (χ4v) is 5.20. The van der Waals surface area contributed by atoms with Crippen molar-refractivity contribution in [3.8, 4) is 0 Å². The summed E-state index contributed by atoms with van der Waals surface area (Å²) in [4.78, 5) is 13.6. The summed E-state index contributed by atoms with van der Waals surface area (Å²) in [6, 6.07) is 11.8. The van der Waals surface area contributed by atoms with Crippen LogP contribution in [-0.2, 0) is 10.0 Å². The summed E-state index contributed by atoms with van der Waals surface area (Å²) in [6.45, 7) is 0. The van der Waals surface area contributed by atoms with Crippen LogP contribution in [-0.4, -0.2) is 19.6 Å². The molecular weight excluding hydrogens is 436 g/mol. The Balaban J connectivity index is 1.84. The molecule has 1 amide bonds. The summed E-state index contributed by atoms with van der Waals surface area (Å²) in [5.74, 6) is -0.387. The lowest BCUT2D eigenvalue weighted by atomic mass is 10.2. The minimum atomic E-state index is -3.88. The second kappa shape index (κ2) is 8.12. The van der Waals surface area contributed by atoms with Crippen molar-refractivity contribution in [3.63, 3.8) is 0 Å². The molecule has 0 aromatic heterocycles. The Labute approximate surface area is 165 Å². The van der Waals surface area contributed by atoms with Crippen molar-refractivity contribution in [2.24, 2.45) is 5.14 Å². The molecule has 2 aromatic carbocycles. The molecular formula is C18H19BrN2O3S2. The maximum Gasteiger partial charge on any atom is 0.256 e. The second-order valence-electron chi connectivity index (χ2n) is 6.16. The number of carbonyl (C=O) groups is 1. The molecule has 0 radical (unpaired) electrons. The van der Waals surface area contributed by atoms with Crippen LogP contribution < -0.4 is 10.5 Å². The molecule has 3 N–H and O–H groups in total. The van der Waals surface area contributed by atoms with Crippen LogP contribution in [0.4, 0.5) is 5.69 Å². The largest absolute Gasteiger partial charge is 0.321 e. The first kappa shape index (κ1) is 19.4. The van der Waals surface area contributed by atoms with Gasteiger partial charge in [0.2, 0.25) is 10.0 Å². The van der Waals surface area contributed by atoms with Crippen LogP contribution in [0.15, 0.2) is 56.7 Å². The number of nitrogens with two attached hydrogens (primary N) is 1. The summed E-state index contributed by atoms with van der Waals surface area (Å²) in [5.41, 5.74) is 0.944. The molecule has 8 heteroatoms. The van der Waals surface area contributed by atoms with Gasteiger partial charge in [-0.3, -0.25) is 4.79 Å². The fraction of sp³-hybridized carbons (Fsp3) is 0.278. The highest BCUT2D eigenvalue weighted by atomic mass is 79.9. The van der Waals surface area contributed by atoms with Crippen LogP contribution in [0.25, 0.3) is 0 Å². The average molecular weight is 455 g/mol. The summed E-state index contributed by atoms with van der Waals surface area (Å²) >= 11 is 5.08. The molecule has 1 aliphatic carbocycles. The Bertz CT molecular complexity index is 926. The molecule has 1 saturated carbocycles. The molecule has 26 heavy (non-hydrogen) atoms. The molecule has 0 aliphatic heterocycles. The quantitative estimate of drug-likeness (QED) is 0.700. The van der Waals surface area contributed by atoms with Gasteiger partial charge in [-0.15, -0.1) is 11.8 Å². The van der Waals surface area contributed by atoms with E-state index in [4.69, 9.17) is 5.14 Å². The standard InChI is InChI=1S/C18H19BrN2O3S2/c19-15-10-9-13(26(20,23)24)11-14(15)18(22)21-16-7-3-4-8-17(16)25-12-5-1-2-6-12/h3-4,7-12H,1-2,5-6H2,(H,21,22)(H2,20,23,24). The minimum absolute atomic E-state index is 0.0977. The third-order valence-corrected chi connectivity index (χ3v) is 7.26. The number of hydrogen-bond donors (Lipinski definition) is 2. The SMILES string of the molecule is NS(=O)(=O)c1ccc(Br)c(C(=O)Nc2ccccc2SC2CCCC2)c1. The molecule has 5 nitrogen and oxygen atoms in total. The van der Waals surface area contributed by atoms with E-state index < -0.39 is 10.0 Å². The lowest BCUT2D eigenvalue weighted by Gasteiger charge is -2.14. The third-order valence-electron chi connectivity index (χ3n) is 4.24. The number of nitrogens with one attached hydrogen (secondary N) is 1. The molecule has 0 spiro atoms. The maximum absolute atomic E-state index is 12.7. The van der Waals surface area contributed by atoms with E-state index in [0.29, 0.717) is 9.72 Å². The van der Waals surface area contributed by atoms with Crippen LogP contribution in [0.1, 0.15) is 36.0 Å². The van der Waals surface area contributed by atoms with Gasteiger partial charge < -0.3 is 5.32 Å². The van der Waals surface area contributed by atoms with E-state index in [9.17, 15) is 13.2 Å². The third kappa shape index (κ3) is 4.68. The highest BCUT2D eigenvalue weighted by Gasteiger charge is 2.20. The molecule has 0 bridgehead atoms. The zero-order valence-electron chi connectivity index (χ0n) is 13.9. The molecule has 3 rings (SSSR count). The van der Waals surface area contributed by atoms with E-state index in [-0.39, 0.29) is 16.4 Å². The Morgan fingerprint density at radius 2 is 1.85 bits per heavy atom. The van der Waals surface area contributed by atoms with Crippen LogP contribution in [0.3, 0.4) is 0 Å². The molecule has 138 valence electrons. The molecule has 0 saturated heterocycles. The van der Waals surface area contributed by atoms with E-state index in [2.05, 4.69) is 21.2 Å². The number of thioether (sulfide) groups is 1. The second-order valence-corrected chi connectivity index (χ2v) is 9.92. The van der Waals surface area contributed by atoms with E-state index in [0.717, 1.165) is 10.6 Å². The highest BCUT2D eigenvalue weighted by Crippen LogP contribution is 2.38. The molecule has 1 fully saturated rings. The van der Waals surface area contributed by atoms with Crippen molar-refractivity contribution >= 4 is 49.3 Å². The van der Waals surface area contributed by atoms with Gasteiger partial charge in [0.1, 0.15) is 0 Å². The van der Waals surface area contributed by atoms with Crippen molar-refractivity contribution in [3.05, 3.63) is 52.5 Å². The van der Waals surface area contributed by atoms with Crippen LogP contribution in [0.2, 0.25) is 0 Å². The first-order valence-corrected chi connectivity index (χ1v) is 11.5. The van der Waals surface area contributed by atoms with Gasteiger partial charge in [0.25, 0.3) is 5.91 Å². The smallest absolute Gasteiger partial charge is 0.256 e. The van der Waals surface area contributed by atoms with Gasteiger partial charge in [-0.25, -0.2) is 13.6 Å². The lowest BCUT2D eigenvalue weighted by molar-refractivity contribution is 0.102. The normalized spacial score (nSPS) is 15.2. The first-order chi connectivity index (χ1) is 12.3. The first-order valence-electron chi connectivity index (χ1n) is 8.24. The van der Waals surface area contributed by atoms with Gasteiger partial charge >= 0.3 is 0 Å². The Morgan fingerprint density at radius 1 is 1.15 bits per heavy atom. The minimum Gasteiger partial charge on any atom is -0.321 e. The van der Waals surface area contributed by atoms with E-state index in [1.807, 2.05) is 24.3 Å². The predicted octanol–water partition coefficient (Wildman–Crippen LogP) is 4.38. The summed E-state index contributed by atoms with van der Waals surface area (Å²) in [6.07, 6.45) is 4.88. The number of halogens is 1. The number of hydrogen-bond acceptors (Lipinski definition) is 4.